The Hall–Kier alpha value is -3.52. The first-order chi connectivity index (χ1) is 16.3. The summed E-state index contributed by atoms with van der Waals surface area (Å²) in [5, 5.41) is 2.79. The van der Waals surface area contributed by atoms with Crippen LogP contribution in [0.15, 0.2) is 65.6 Å². The first-order valence-electron chi connectivity index (χ1n) is 11.1. The van der Waals surface area contributed by atoms with E-state index in [4.69, 9.17) is 9.47 Å². The monoisotopic (exact) mass is 480 g/mol. The number of carbonyl (C=O) groups is 1. The van der Waals surface area contributed by atoms with Crippen molar-refractivity contribution in [3.8, 4) is 11.5 Å². The minimum Gasteiger partial charge on any atom is -0.495 e. The predicted octanol–water partition coefficient (Wildman–Crippen LogP) is 4.47. The second-order valence-corrected chi connectivity index (χ2v) is 10.1. The standard InChI is InChI=1S/C26H28N2O5S/c1-18-10-12-25(32-3)22(15-18)27-26(29)17-33-24-13-11-21(16-19(24)2)34(30,31)28-14-6-8-20-7-4-5-9-23(20)28/h4-5,7,9-13,15-16H,6,8,14,17H2,1-3H3,(H,27,29). The maximum absolute atomic E-state index is 13.4. The number of anilines is 2. The molecule has 1 amide bonds. The smallest absolute Gasteiger partial charge is 0.264 e. The molecule has 0 unspecified atom stereocenters. The summed E-state index contributed by atoms with van der Waals surface area (Å²) in [7, 11) is -2.17. The number of fused-ring (bicyclic) bond motifs is 1. The van der Waals surface area contributed by atoms with Gasteiger partial charge in [0.25, 0.3) is 15.9 Å². The van der Waals surface area contributed by atoms with Crippen LogP contribution in [-0.4, -0.2) is 34.6 Å². The van der Waals surface area contributed by atoms with Crippen molar-refractivity contribution in [3.63, 3.8) is 0 Å². The van der Waals surface area contributed by atoms with Gasteiger partial charge in [-0.15, -0.1) is 0 Å². The molecule has 0 radical (unpaired) electrons. The van der Waals surface area contributed by atoms with E-state index in [1.165, 1.54) is 17.5 Å². The lowest BCUT2D eigenvalue weighted by atomic mass is 10.0. The molecule has 1 aliphatic rings. The number of nitrogens with zero attached hydrogens (tertiary/aromatic N) is 1. The topological polar surface area (TPSA) is 84.9 Å². The molecule has 0 atom stereocenters. The number of carbonyl (C=O) groups excluding carboxylic acids is 1. The van der Waals surface area contributed by atoms with Gasteiger partial charge in [-0.1, -0.05) is 24.3 Å². The van der Waals surface area contributed by atoms with Crippen LogP contribution < -0.4 is 19.1 Å². The molecule has 3 aromatic rings. The van der Waals surface area contributed by atoms with Crippen molar-refractivity contribution >= 4 is 27.3 Å². The molecule has 0 bridgehead atoms. The highest BCUT2D eigenvalue weighted by molar-refractivity contribution is 7.92. The maximum Gasteiger partial charge on any atom is 0.264 e. The van der Waals surface area contributed by atoms with E-state index < -0.39 is 10.0 Å². The average Bonchev–Trinajstić information content (AvgIpc) is 2.83. The van der Waals surface area contributed by atoms with Gasteiger partial charge in [-0.05, 0) is 79.8 Å². The van der Waals surface area contributed by atoms with Crippen molar-refractivity contribution < 1.29 is 22.7 Å². The highest BCUT2D eigenvalue weighted by atomic mass is 32.2. The van der Waals surface area contributed by atoms with Crippen LogP contribution in [0.3, 0.4) is 0 Å². The fraction of sp³-hybridized carbons (Fsp3) is 0.269. The molecular formula is C26H28N2O5S. The summed E-state index contributed by atoms with van der Waals surface area (Å²) >= 11 is 0. The molecule has 1 aliphatic heterocycles. The Balaban J connectivity index is 1.47. The van der Waals surface area contributed by atoms with Crippen molar-refractivity contribution in [2.45, 2.75) is 31.6 Å². The van der Waals surface area contributed by atoms with Crippen LogP contribution in [0.2, 0.25) is 0 Å². The normalized spacial score (nSPS) is 13.2. The summed E-state index contributed by atoms with van der Waals surface area (Å²) in [5.74, 6) is 0.665. The van der Waals surface area contributed by atoms with Crippen molar-refractivity contribution in [1.82, 2.24) is 0 Å². The number of aryl methyl sites for hydroxylation is 3. The van der Waals surface area contributed by atoms with E-state index in [9.17, 15) is 13.2 Å². The highest BCUT2D eigenvalue weighted by Crippen LogP contribution is 2.33. The number of hydrogen-bond donors (Lipinski definition) is 1. The Morgan fingerprint density at radius 1 is 1.03 bits per heavy atom. The van der Waals surface area contributed by atoms with E-state index in [-0.39, 0.29) is 17.4 Å². The van der Waals surface area contributed by atoms with Crippen LogP contribution in [0.5, 0.6) is 11.5 Å². The Bertz CT molecular complexity index is 1320. The van der Waals surface area contributed by atoms with Gasteiger partial charge in [-0.3, -0.25) is 9.10 Å². The van der Waals surface area contributed by atoms with Crippen molar-refractivity contribution in [2.75, 3.05) is 29.9 Å². The molecule has 0 spiro atoms. The number of amides is 1. The number of hydrogen-bond acceptors (Lipinski definition) is 5. The van der Waals surface area contributed by atoms with Gasteiger partial charge < -0.3 is 14.8 Å². The predicted molar refractivity (Wildman–Crippen MR) is 132 cm³/mol. The Labute approximate surface area is 200 Å². The van der Waals surface area contributed by atoms with Crippen molar-refractivity contribution in [2.24, 2.45) is 0 Å². The first kappa shape index (κ1) is 23.6. The van der Waals surface area contributed by atoms with E-state index in [2.05, 4.69) is 5.32 Å². The maximum atomic E-state index is 13.4. The SMILES string of the molecule is COc1ccc(C)cc1NC(=O)COc1ccc(S(=O)(=O)N2CCCc3ccccc32)cc1C. The zero-order valence-electron chi connectivity index (χ0n) is 19.5. The van der Waals surface area contributed by atoms with Gasteiger partial charge in [-0.25, -0.2) is 8.42 Å². The fourth-order valence-electron chi connectivity index (χ4n) is 4.07. The molecular weight excluding hydrogens is 452 g/mol. The van der Waals surface area contributed by atoms with E-state index in [0.29, 0.717) is 29.3 Å². The van der Waals surface area contributed by atoms with Crippen LogP contribution in [-0.2, 0) is 21.2 Å². The molecule has 34 heavy (non-hydrogen) atoms. The minimum atomic E-state index is -3.71. The number of methoxy groups -OCH3 is 1. The molecule has 178 valence electrons. The van der Waals surface area contributed by atoms with Gasteiger partial charge in [0, 0.05) is 6.54 Å². The van der Waals surface area contributed by atoms with Gasteiger partial charge in [0.15, 0.2) is 6.61 Å². The van der Waals surface area contributed by atoms with Gasteiger partial charge in [-0.2, -0.15) is 0 Å². The number of benzene rings is 3. The number of nitrogens with one attached hydrogen (secondary N) is 1. The number of ether oxygens (including phenoxy) is 2. The minimum absolute atomic E-state index is 0.197. The summed E-state index contributed by atoms with van der Waals surface area (Å²) in [6, 6.07) is 17.8. The largest absolute Gasteiger partial charge is 0.495 e. The van der Waals surface area contributed by atoms with Crippen LogP contribution in [0.1, 0.15) is 23.1 Å². The fourth-order valence-corrected chi connectivity index (χ4v) is 5.70. The molecule has 8 heteroatoms. The summed E-state index contributed by atoms with van der Waals surface area (Å²) in [6.07, 6.45) is 1.64. The number of para-hydroxylation sites is 1. The Kier molecular flexibility index (Phi) is 6.79. The van der Waals surface area contributed by atoms with Gasteiger partial charge in [0.1, 0.15) is 11.5 Å². The lowest BCUT2D eigenvalue weighted by molar-refractivity contribution is -0.118. The van der Waals surface area contributed by atoms with Crippen molar-refractivity contribution in [3.05, 3.63) is 77.4 Å². The highest BCUT2D eigenvalue weighted by Gasteiger charge is 2.29. The van der Waals surface area contributed by atoms with Gasteiger partial charge >= 0.3 is 0 Å². The van der Waals surface area contributed by atoms with E-state index in [1.807, 2.05) is 43.3 Å². The second kappa shape index (κ2) is 9.77. The molecule has 4 rings (SSSR count). The summed E-state index contributed by atoms with van der Waals surface area (Å²) in [6.45, 7) is 3.91. The molecule has 7 nitrogen and oxygen atoms in total. The molecule has 0 saturated carbocycles. The van der Waals surface area contributed by atoms with Crippen LogP contribution in [0.25, 0.3) is 0 Å². The Morgan fingerprint density at radius 2 is 1.79 bits per heavy atom. The average molecular weight is 481 g/mol. The van der Waals surface area contributed by atoms with Crippen LogP contribution in [0.4, 0.5) is 11.4 Å². The summed E-state index contributed by atoms with van der Waals surface area (Å²) in [5.41, 5.74) is 3.95. The molecule has 0 aromatic heterocycles. The van der Waals surface area contributed by atoms with E-state index >= 15 is 0 Å². The second-order valence-electron chi connectivity index (χ2n) is 8.28. The lowest BCUT2D eigenvalue weighted by Gasteiger charge is -2.30. The van der Waals surface area contributed by atoms with Crippen molar-refractivity contribution in [1.29, 1.82) is 0 Å². The van der Waals surface area contributed by atoms with E-state index in [1.54, 1.807) is 25.1 Å². The third-order valence-electron chi connectivity index (χ3n) is 5.79. The number of rotatable bonds is 7. The summed E-state index contributed by atoms with van der Waals surface area (Å²) < 4.78 is 39.2. The number of sulfonamides is 1. The zero-order chi connectivity index (χ0) is 24.3. The van der Waals surface area contributed by atoms with Crippen LogP contribution in [0, 0.1) is 13.8 Å². The van der Waals surface area contributed by atoms with Gasteiger partial charge in [0.05, 0.1) is 23.4 Å². The lowest BCUT2D eigenvalue weighted by Crippen LogP contribution is -2.35. The molecule has 0 aliphatic carbocycles. The first-order valence-corrected chi connectivity index (χ1v) is 12.5. The Morgan fingerprint density at radius 3 is 2.56 bits per heavy atom. The van der Waals surface area contributed by atoms with E-state index in [0.717, 1.165) is 29.7 Å². The molecule has 0 saturated heterocycles. The molecule has 1 heterocycles. The van der Waals surface area contributed by atoms with Crippen LogP contribution >= 0.6 is 0 Å². The zero-order valence-corrected chi connectivity index (χ0v) is 20.3. The molecule has 1 N–H and O–H groups in total. The third-order valence-corrected chi connectivity index (χ3v) is 7.60. The quantitative estimate of drug-likeness (QED) is 0.539. The third kappa shape index (κ3) is 4.87. The molecule has 0 fully saturated rings. The van der Waals surface area contributed by atoms with Gasteiger partial charge in [0.2, 0.25) is 0 Å². The summed E-state index contributed by atoms with van der Waals surface area (Å²) in [4.78, 5) is 12.6. The molecule has 3 aromatic carbocycles.